The molecule has 1 saturated carbocycles. The zero-order valence-corrected chi connectivity index (χ0v) is 14.4. The van der Waals surface area contributed by atoms with Crippen LogP contribution in [-0.2, 0) is 0 Å². The van der Waals surface area contributed by atoms with Gasteiger partial charge in [-0.1, -0.05) is 11.2 Å². The second kappa shape index (κ2) is 6.61. The number of rotatable bonds is 5. The Balaban J connectivity index is 1.35. The van der Waals surface area contributed by atoms with Crippen molar-refractivity contribution in [1.29, 1.82) is 0 Å². The van der Waals surface area contributed by atoms with Gasteiger partial charge < -0.3 is 4.52 Å². The molecule has 0 bridgehead atoms. The SMILES string of the molecule is C[C@@H](c1cccnc1)N1CCN([C@@H](C)c2nc(C3CC3)no2)CC1. The average Bonchev–Trinajstić information content (AvgIpc) is 3.38. The van der Waals surface area contributed by atoms with E-state index in [4.69, 9.17) is 4.52 Å². The first-order valence-electron chi connectivity index (χ1n) is 8.94. The summed E-state index contributed by atoms with van der Waals surface area (Å²) in [5, 5.41) is 4.15. The maximum atomic E-state index is 5.50. The van der Waals surface area contributed by atoms with Gasteiger partial charge in [0, 0.05) is 50.5 Å². The Morgan fingerprint density at radius 3 is 2.42 bits per heavy atom. The fourth-order valence-electron chi connectivity index (χ4n) is 3.43. The van der Waals surface area contributed by atoms with Crippen LogP contribution in [0.5, 0.6) is 0 Å². The van der Waals surface area contributed by atoms with Crippen LogP contribution in [0.3, 0.4) is 0 Å². The summed E-state index contributed by atoms with van der Waals surface area (Å²) < 4.78 is 5.50. The van der Waals surface area contributed by atoms with Gasteiger partial charge in [0.15, 0.2) is 5.82 Å². The van der Waals surface area contributed by atoms with Crippen molar-refractivity contribution >= 4 is 0 Å². The average molecular weight is 327 g/mol. The third kappa shape index (κ3) is 3.21. The number of pyridine rings is 1. The van der Waals surface area contributed by atoms with Gasteiger partial charge in [-0.2, -0.15) is 4.98 Å². The monoisotopic (exact) mass is 327 g/mol. The van der Waals surface area contributed by atoms with Crippen LogP contribution < -0.4 is 0 Å². The van der Waals surface area contributed by atoms with E-state index in [1.165, 1.54) is 18.4 Å². The minimum atomic E-state index is 0.195. The highest BCUT2D eigenvalue weighted by Gasteiger charge is 2.32. The molecule has 2 atom stereocenters. The first kappa shape index (κ1) is 15.7. The molecule has 0 aromatic carbocycles. The number of piperazine rings is 1. The molecule has 3 heterocycles. The van der Waals surface area contributed by atoms with Gasteiger partial charge in [-0.3, -0.25) is 14.8 Å². The van der Waals surface area contributed by atoms with Gasteiger partial charge in [0.2, 0.25) is 5.89 Å². The van der Waals surface area contributed by atoms with Crippen LogP contribution in [0.4, 0.5) is 0 Å². The molecule has 0 unspecified atom stereocenters. The zero-order chi connectivity index (χ0) is 16.5. The highest BCUT2D eigenvalue weighted by Crippen LogP contribution is 2.38. The van der Waals surface area contributed by atoms with Crippen LogP contribution in [0.25, 0.3) is 0 Å². The van der Waals surface area contributed by atoms with E-state index in [1.807, 2.05) is 18.5 Å². The summed E-state index contributed by atoms with van der Waals surface area (Å²) in [7, 11) is 0. The molecule has 2 fully saturated rings. The van der Waals surface area contributed by atoms with Gasteiger partial charge in [-0.15, -0.1) is 0 Å². The Labute approximate surface area is 142 Å². The summed E-state index contributed by atoms with van der Waals surface area (Å²) in [4.78, 5) is 13.8. The smallest absolute Gasteiger partial charge is 0.243 e. The lowest BCUT2D eigenvalue weighted by atomic mass is 10.1. The minimum absolute atomic E-state index is 0.195. The van der Waals surface area contributed by atoms with Crippen LogP contribution in [0, 0.1) is 0 Å². The number of hydrogen-bond acceptors (Lipinski definition) is 6. The topological polar surface area (TPSA) is 58.3 Å². The lowest BCUT2D eigenvalue weighted by Gasteiger charge is -2.39. The van der Waals surface area contributed by atoms with Gasteiger partial charge in [-0.05, 0) is 38.3 Å². The van der Waals surface area contributed by atoms with Gasteiger partial charge in [0.05, 0.1) is 6.04 Å². The fraction of sp³-hybridized carbons (Fsp3) is 0.611. The Kier molecular flexibility index (Phi) is 4.33. The highest BCUT2D eigenvalue weighted by molar-refractivity contribution is 5.13. The van der Waals surface area contributed by atoms with E-state index < -0.39 is 0 Å². The van der Waals surface area contributed by atoms with E-state index >= 15 is 0 Å². The lowest BCUT2D eigenvalue weighted by molar-refractivity contribution is 0.0677. The predicted octanol–water partition coefficient (Wildman–Crippen LogP) is 2.78. The van der Waals surface area contributed by atoms with E-state index in [9.17, 15) is 0 Å². The molecule has 1 saturated heterocycles. The van der Waals surface area contributed by atoms with Crippen molar-refractivity contribution in [2.75, 3.05) is 26.2 Å². The zero-order valence-electron chi connectivity index (χ0n) is 14.4. The van der Waals surface area contributed by atoms with Crippen LogP contribution in [0.15, 0.2) is 29.0 Å². The summed E-state index contributed by atoms with van der Waals surface area (Å²) in [5.41, 5.74) is 1.28. The fourth-order valence-corrected chi connectivity index (χ4v) is 3.43. The van der Waals surface area contributed by atoms with E-state index in [1.54, 1.807) is 0 Å². The Morgan fingerprint density at radius 1 is 1.08 bits per heavy atom. The first-order valence-corrected chi connectivity index (χ1v) is 8.94. The van der Waals surface area contributed by atoms with E-state index in [2.05, 4.69) is 44.8 Å². The molecular formula is C18H25N5O. The molecule has 2 aliphatic rings. The van der Waals surface area contributed by atoms with E-state index in [-0.39, 0.29) is 6.04 Å². The highest BCUT2D eigenvalue weighted by atomic mass is 16.5. The third-order valence-electron chi connectivity index (χ3n) is 5.37. The predicted molar refractivity (Wildman–Crippen MR) is 90.5 cm³/mol. The van der Waals surface area contributed by atoms with Gasteiger partial charge in [0.1, 0.15) is 0 Å². The molecule has 2 aromatic rings. The van der Waals surface area contributed by atoms with Crippen molar-refractivity contribution in [3.63, 3.8) is 0 Å². The molecule has 0 spiro atoms. The van der Waals surface area contributed by atoms with Crippen molar-refractivity contribution in [1.82, 2.24) is 24.9 Å². The Bertz CT molecular complexity index is 661. The van der Waals surface area contributed by atoms with Crippen LogP contribution >= 0.6 is 0 Å². The number of hydrogen-bond donors (Lipinski definition) is 0. The van der Waals surface area contributed by atoms with Crippen LogP contribution in [0.1, 0.15) is 62.0 Å². The molecule has 0 N–H and O–H groups in total. The summed E-state index contributed by atoms with van der Waals surface area (Å²) in [6.07, 6.45) is 6.21. The maximum Gasteiger partial charge on any atom is 0.243 e. The third-order valence-corrected chi connectivity index (χ3v) is 5.37. The molecule has 24 heavy (non-hydrogen) atoms. The Hall–Kier alpha value is -1.79. The van der Waals surface area contributed by atoms with Gasteiger partial charge in [0.25, 0.3) is 0 Å². The van der Waals surface area contributed by atoms with E-state index in [0.29, 0.717) is 12.0 Å². The quantitative estimate of drug-likeness (QED) is 0.841. The standard InChI is InChI=1S/C18H25N5O/c1-13(16-4-3-7-19-12-16)22-8-10-23(11-9-22)14(2)18-20-17(21-24-18)15-5-6-15/h3-4,7,12-15H,5-6,8-11H2,1-2H3/t13-,14-/m0/s1. The summed E-state index contributed by atoms with van der Waals surface area (Å²) in [5.74, 6) is 2.22. The maximum absolute atomic E-state index is 5.50. The molecule has 128 valence electrons. The summed E-state index contributed by atoms with van der Waals surface area (Å²) in [6, 6.07) is 4.77. The van der Waals surface area contributed by atoms with Crippen LogP contribution in [0.2, 0.25) is 0 Å². The Morgan fingerprint density at radius 2 is 1.79 bits per heavy atom. The normalized spacial score (nSPS) is 22.4. The van der Waals surface area contributed by atoms with Crippen molar-refractivity contribution in [2.24, 2.45) is 0 Å². The lowest BCUT2D eigenvalue weighted by Crippen LogP contribution is -2.47. The molecule has 6 heteroatoms. The molecule has 0 radical (unpaired) electrons. The first-order chi connectivity index (χ1) is 11.7. The second-order valence-corrected chi connectivity index (χ2v) is 6.98. The molecule has 6 nitrogen and oxygen atoms in total. The molecule has 1 aliphatic carbocycles. The van der Waals surface area contributed by atoms with Crippen molar-refractivity contribution < 1.29 is 4.52 Å². The van der Waals surface area contributed by atoms with Crippen molar-refractivity contribution in [3.05, 3.63) is 41.8 Å². The second-order valence-electron chi connectivity index (χ2n) is 6.98. The number of nitrogens with zero attached hydrogens (tertiary/aromatic N) is 5. The van der Waals surface area contributed by atoms with Crippen molar-refractivity contribution in [2.45, 2.75) is 44.7 Å². The number of aromatic nitrogens is 3. The summed E-state index contributed by atoms with van der Waals surface area (Å²) in [6.45, 7) is 8.56. The molecule has 1 aliphatic heterocycles. The molecule has 4 rings (SSSR count). The summed E-state index contributed by atoms with van der Waals surface area (Å²) >= 11 is 0. The van der Waals surface area contributed by atoms with Gasteiger partial charge >= 0.3 is 0 Å². The molecule has 0 amide bonds. The van der Waals surface area contributed by atoms with Gasteiger partial charge in [-0.25, -0.2) is 0 Å². The molecular weight excluding hydrogens is 302 g/mol. The largest absolute Gasteiger partial charge is 0.338 e. The van der Waals surface area contributed by atoms with E-state index in [0.717, 1.165) is 37.9 Å². The minimum Gasteiger partial charge on any atom is -0.338 e. The molecule has 2 aromatic heterocycles. The van der Waals surface area contributed by atoms with Crippen LogP contribution in [-0.4, -0.2) is 51.1 Å². The van der Waals surface area contributed by atoms with Crippen molar-refractivity contribution in [3.8, 4) is 0 Å².